The summed E-state index contributed by atoms with van der Waals surface area (Å²) in [5.41, 5.74) is 0.938. The summed E-state index contributed by atoms with van der Waals surface area (Å²) >= 11 is 0. The molecule has 1 nitrogen and oxygen atoms in total. The van der Waals surface area contributed by atoms with E-state index in [0.717, 1.165) is 5.57 Å². The monoisotopic (exact) mass is 164 g/mol. The molecule has 0 radical (unpaired) electrons. The van der Waals surface area contributed by atoms with E-state index in [9.17, 15) is 5.11 Å². The third-order valence-electron chi connectivity index (χ3n) is 1.52. The lowest BCUT2D eigenvalue weighted by Gasteiger charge is -2.19. The van der Waals surface area contributed by atoms with E-state index in [1.54, 1.807) is 6.92 Å². The molecule has 66 valence electrons. The molecule has 0 atom stereocenters. The molecule has 0 saturated carbocycles. The highest BCUT2D eigenvalue weighted by atomic mass is 16.3. The van der Waals surface area contributed by atoms with E-state index in [0.29, 0.717) is 5.57 Å². The van der Waals surface area contributed by atoms with Crippen LogP contribution in [0.3, 0.4) is 0 Å². The van der Waals surface area contributed by atoms with E-state index in [1.165, 1.54) is 0 Å². The minimum atomic E-state index is -0.305. The second-order valence-electron chi connectivity index (χ2n) is 3.90. The van der Waals surface area contributed by atoms with Gasteiger partial charge in [-0.2, -0.15) is 0 Å². The van der Waals surface area contributed by atoms with E-state index in [-0.39, 0.29) is 11.2 Å². The first-order valence-corrected chi connectivity index (χ1v) is 3.87. The van der Waals surface area contributed by atoms with Gasteiger partial charge in [-0.25, -0.2) is 0 Å². The van der Waals surface area contributed by atoms with Gasteiger partial charge in [-0.1, -0.05) is 33.3 Å². The molecule has 0 amide bonds. The van der Waals surface area contributed by atoms with Crippen LogP contribution in [0.5, 0.6) is 0 Å². The van der Waals surface area contributed by atoms with E-state index in [1.807, 2.05) is 20.8 Å². The van der Waals surface area contributed by atoms with Crippen molar-refractivity contribution in [1.29, 1.82) is 0 Å². The number of hydrogen-bond donors (Lipinski definition) is 1. The van der Waals surface area contributed by atoms with Crippen LogP contribution in [0.4, 0.5) is 0 Å². The molecule has 0 aromatic heterocycles. The van der Waals surface area contributed by atoms with E-state index < -0.39 is 0 Å². The zero-order valence-electron chi connectivity index (χ0n) is 8.23. The van der Waals surface area contributed by atoms with E-state index in [2.05, 4.69) is 12.5 Å². The van der Waals surface area contributed by atoms with Crippen LogP contribution >= 0.6 is 0 Å². The highest BCUT2D eigenvalue weighted by molar-refractivity contribution is 5.44. The topological polar surface area (TPSA) is 20.2 Å². The van der Waals surface area contributed by atoms with Gasteiger partial charge in [0.15, 0.2) is 0 Å². The van der Waals surface area contributed by atoms with Gasteiger partial charge in [0.2, 0.25) is 0 Å². The first kappa shape index (κ1) is 10.8. The first-order valence-electron chi connectivity index (χ1n) is 3.87. The van der Waals surface area contributed by atoms with Crippen molar-refractivity contribution < 1.29 is 5.11 Å². The first-order chi connectivity index (χ1) is 5.30. The van der Waals surface area contributed by atoms with Crippen molar-refractivity contribution in [2.24, 2.45) is 5.41 Å². The molecular formula is C11H16O. The molecule has 0 aromatic rings. The highest BCUT2D eigenvalue weighted by Crippen LogP contribution is 2.27. The maximum absolute atomic E-state index is 9.69. The minimum absolute atomic E-state index is 0.234. The Morgan fingerprint density at radius 3 is 1.92 bits per heavy atom. The number of aliphatic hydroxyl groups excluding tert-OH is 1. The Morgan fingerprint density at radius 2 is 1.83 bits per heavy atom. The average Bonchev–Trinajstić information content (AvgIpc) is 1.86. The minimum Gasteiger partial charge on any atom is -0.510 e. The summed E-state index contributed by atoms with van der Waals surface area (Å²) < 4.78 is 0. The average molecular weight is 164 g/mol. The molecule has 0 aromatic carbocycles. The molecule has 0 heterocycles. The molecule has 0 unspecified atom stereocenters. The van der Waals surface area contributed by atoms with Crippen LogP contribution in [0.2, 0.25) is 0 Å². The number of aliphatic hydroxyl groups is 1. The fraction of sp³-hybridized carbons (Fsp3) is 0.455. The Morgan fingerprint density at radius 1 is 1.42 bits per heavy atom. The Balaban J connectivity index is 5.17. The summed E-state index contributed by atoms with van der Waals surface area (Å²) in [6.07, 6.45) is 5.24. The molecule has 0 bridgehead atoms. The van der Waals surface area contributed by atoms with Crippen molar-refractivity contribution in [1.82, 2.24) is 0 Å². The molecule has 0 fully saturated rings. The van der Waals surface area contributed by atoms with Crippen LogP contribution in [-0.4, -0.2) is 5.11 Å². The fourth-order valence-electron chi connectivity index (χ4n) is 0.769. The molecular weight excluding hydrogens is 148 g/mol. The molecule has 0 spiro atoms. The number of terminal acetylenes is 1. The van der Waals surface area contributed by atoms with Crippen molar-refractivity contribution in [2.75, 3.05) is 0 Å². The third kappa shape index (κ3) is 2.47. The molecule has 0 rings (SSSR count). The number of rotatable bonds is 1. The third-order valence-corrected chi connectivity index (χ3v) is 1.52. The SMILES string of the molecule is C#C/C(C(=C)C)=C(/O)C(C)(C)C. The lowest BCUT2D eigenvalue weighted by molar-refractivity contribution is 0.274. The lowest BCUT2D eigenvalue weighted by Crippen LogP contribution is -2.11. The molecule has 0 aliphatic rings. The van der Waals surface area contributed by atoms with Gasteiger partial charge in [-0.05, 0) is 12.5 Å². The molecule has 0 aliphatic heterocycles. The van der Waals surface area contributed by atoms with Gasteiger partial charge in [-0.3, -0.25) is 0 Å². The molecule has 1 N–H and O–H groups in total. The smallest absolute Gasteiger partial charge is 0.113 e. The maximum Gasteiger partial charge on any atom is 0.113 e. The van der Waals surface area contributed by atoms with Crippen molar-refractivity contribution >= 4 is 0 Å². The Kier molecular flexibility index (Phi) is 3.15. The lowest BCUT2D eigenvalue weighted by atomic mass is 9.89. The summed E-state index contributed by atoms with van der Waals surface area (Å²) in [6, 6.07) is 0. The van der Waals surface area contributed by atoms with Crippen molar-refractivity contribution in [3.8, 4) is 12.3 Å². The Bertz CT molecular complexity index is 256. The van der Waals surface area contributed by atoms with Crippen LogP contribution in [0.1, 0.15) is 27.7 Å². The van der Waals surface area contributed by atoms with Gasteiger partial charge in [0.1, 0.15) is 5.76 Å². The quantitative estimate of drug-likeness (QED) is 0.359. The van der Waals surface area contributed by atoms with Gasteiger partial charge < -0.3 is 5.11 Å². The second-order valence-corrected chi connectivity index (χ2v) is 3.90. The maximum atomic E-state index is 9.69. The Labute approximate surface area is 74.8 Å². The van der Waals surface area contributed by atoms with Crippen molar-refractivity contribution in [2.45, 2.75) is 27.7 Å². The van der Waals surface area contributed by atoms with E-state index >= 15 is 0 Å². The summed E-state index contributed by atoms with van der Waals surface area (Å²) in [4.78, 5) is 0. The largest absolute Gasteiger partial charge is 0.510 e. The van der Waals surface area contributed by atoms with Crippen LogP contribution in [-0.2, 0) is 0 Å². The highest BCUT2D eigenvalue weighted by Gasteiger charge is 2.19. The van der Waals surface area contributed by atoms with Crippen LogP contribution in [0, 0.1) is 17.8 Å². The normalized spacial score (nSPS) is 13.2. The van der Waals surface area contributed by atoms with Crippen molar-refractivity contribution in [3.05, 3.63) is 23.5 Å². The number of allylic oxidation sites excluding steroid dienone is 3. The van der Waals surface area contributed by atoms with E-state index in [4.69, 9.17) is 6.42 Å². The molecule has 0 saturated heterocycles. The number of hydrogen-bond acceptors (Lipinski definition) is 1. The van der Waals surface area contributed by atoms with Crippen LogP contribution in [0.25, 0.3) is 0 Å². The zero-order chi connectivity index (χ0) is 9.94. The molecule has 1 heteroatoms. The van der Waals surface area contributed by atoms with Gasteiger partial charge in [-0.15, -0.1) is 6.42 Å². The van der Waals surface area contributed by atoms with Crippen molar-refractivity contribution in [3.63, 3.8) is 0 Å². The summed E-state index contributed by atoms with van der Waals surface area (Å²) in [7, 11) is 0. The standard InChI is InChI=1S/C11H16O/c1-7-9(8(2)3)10(12)11(4,5)6/h1,12H,2H2,3-6H3/b10-9-. The second kappa shape index (κ2) is 3.49. The molecule has 12 heavy (non-hydrogen) atoms. The predicted octanol–water partition coefficient (Wildman–Crippen LogP) is 3.05. The Hall–Kier alpha value is -1.16. The summed E-state index contributed by atoms with van der Waals surface area (Å²) in [6.45, 7) is 11.2. The fourth-order valence-corrected chi connectivity index (χ4v) is 0.769. The van der Waals surface area contributed by atoms with Gasteiger partial charge >= 0.3 is 0 Å². The van der Waals surface area contributed by atoms with Gasteiger partial charge in [0, 0.05) is 5.41 Å². The van der Waals surface area contributed by atoms with Crippen LogP contribution < -0.4 is 0 Å². The molecule has 0 aliphatic carbocycles. The van der Waals surface area contributed by atoms with Gasteiger partial charge in [0.25, 0.3) is 0 Å². The predicted molar refractivity (Wildman–Crippen MR) is 52.8 cm³/mol. The zero-order valence-corrected chi connectivity index (χ0v) is 8.23. The summed E-state index contributed by atoms with van der Waals surface area (Å²) in [5.74, 6) is 2.67. The van der Waals surface area contributed by atoms with Crippen LogP contribution in [0.15, 0.2) is 23.5 Å². The van der Waals surface area contributed by atoms with Gasteiger partial charge in [0.05, 0.1) is 5.57 Å². The summed E-state index contributed by atoms with van der Waals surface area (Å²) in [5, 5.41) is 9.69.